The number of aliphatic carboxylic acids is 1. The second kappa shape index (κ2) is 3.82. The van der Waals surface area contributed by atoms with Crippen LogP contribution in [-0.4, -0.2) is 21.9 Å². The van der Waals surface area contributed by atoms with Gasteiger partial charge in [0.2, 0.25) is 0 Å². The Morgan fingerprint density at radius 2 is 2.25 bits per heavy atom. The Morgan fingerprint density at radius 1 is 1.56 bits per heavy atom. The highest BCUT2D eigenvalue weighted by molar-refractivity contribution is 8.01. The van der Waals surface area contributed by atoms with Crippen molar-refractivity contribution in [2.75, 3.05) is 0 Å². The number of nitrogens with one attached hydrogen (secondary N) is 1. The average Bonchev–Trinajstić information content (AvgIpc) is 2.69. The summed E-state index contributed by atoms with van der Waals surface area (Å²) in [5.41, 5.74) is 0. The first-order chi connectivity index (χ1) is 7.40. The molecule has 1 fully saturated rings. The van der Waals surface area contributed by atoms with Crippen LogP contribution in [0.25, 0.3) is 0 Å². The van der Waals surface area contributed by atoms with Crippen molar-refractivity contribution in [2.45, 2.75) is 36.9 Å². The third-order valence-electron chi connectivity index (χ3n) is 2.70. The van der Waals surface area contributed by atoms with Gasteiger partial charge in [0, 0.05) is 4.75 Å². The molecule has 1 aromatic rings. The van der Waals surface area contributed by atoms with Crippen LogP contribution in [-0.2, 0) is 4.79 Å². The van der Waals surface area contributed by atoms with E-state index in [2.05, 4.69) is 5.32 Å². The predicted octanol–water partition coefficient (Wildman–Crippen LogP) is 2.15. The quantitative estimate of drug-likeness (QED) is 0.830. The molecular formula is C11H15NO3S. The maximum atomic E-state index is 11.1. The zero-order chi connectivity index (χ0) is 11.9. The second-order valence-electron chi connectivity index (χ2n) is 4.49. The monoisotopic (exact) mass is 241 g/mol. The minimum Gasteiger partial charge on any atom is -0.480 e. The second-order valence-corrected chi connectivity index (χ2v) is 6.25. The molecule has 1 aromatic heterocycles. The van der Waals surface area contributed by atoms with Crippen LogP contribution in [0.15, 0.2) is 16.5 Å². The van der Waals surface area contributed by atoms with E-state index < -0.39 is 12.0 Å². The van der Waals surface area contributed by atoms with Crippen molar-refractivity contribution in [3.63, 3.8) is 0 Å². The smallest absolute Gasteiger partial charge is 0.322 e. The van der Waals surface area contributed by atoms with Crippen molar-refractivity contribution < 1.29 is 14.3 Å². The van der Waals surface area contributed by atoms with E-state index in [9.17, 15) is 4.79 Å². The van der Waals surface area contributed by atoms with Crippen LogP contribution in [0.1, 0.15) is 30.7 Å². The first kappa shape index (κ1) is 11.5. The van der Waals surface area contributed by atoms with E-state index in [-0.39, 0.29) is 10.1 Å². The Morgan fingerprint density at radius 3 is 2.69 bits per heavy atom. The number of carboxylic acid groups (broad SMARTS) is 1. The molecule has 0 saturated carbocycles. The van der Waals surface area contributed by atoms with Crippen molar-refractivity contribution in [2.24, 2.45) is 0 Å². The van der Waals surface area contributed by atoms with Gasteiger partial charge in [0.15, 0.2) is 0 Å². The molecule has 0 unspecified atom stereocenters. The molecule has 2 atom stereocenters. The molecule has 5 heteroatoms. The van der Waals surface area contributed by atoms with E-state index >= 15 is 0 Å². The van der Waals surface area contributed by atoms with Crippen LogP contribution in [0.5, 0.6) is 0 Å². The largest absolute Gasteiger partial charge is 0.480 e. The Labute approximate surface area is 98.4 Å². The lowest BCUT2D eigenvalue weighted by atomic mass is 10.0. The molecule has 0 spiro atoms. The summed E-state index contributed by atoms with van der Waals surface area (Å²) in [6.45, 7) is 5.74. The van der Waals surface area contributed by atoms with E-state index in [1.807, 2.05) is 32.9 Å². The summed E-state index contributed by atoms with van der Waals surface area (Å²) in [6.07, 6.45) is 0. The lowest BCUT2D eigenvalue weighted by Gasteiger charge is -2.20. The molecule has 0 aliphatic carbocycles. The molecular weight excluding hydrogens is 226 g/mol. The molecule has 2 heterocycles. The van der Waals surface area contributed by atoms with Gasteiger partial charge in [0.1, 0.15) is 22.9 Å². The normalized spacial score (nSPS) is 28.2. The fourth-order valence-electron chi connectivity index (χ4n) is 1.86. The van der Waals surface area contributed by atoms with Gasteiger partial charge >= 0.3 is 5.97 Å². The third kappa shape index (κ3) is 1.97. The lowest BCUT2D eigenvalue weighted by molar-refractivity contribution is -0.139. The Balaban J connectivity index is 2.20. The van der Waals surface area contributed by atoms with Crippen molar-refractivity contribution in [3.05, 3.63) is 23.7 Å². The maximum Gasteiger partial charge on any atom is 0.322 e. The van der Waals surface area contributed by atoms with Gasteiger partial charge in [-0.15, -0.1) is 11.8 Å². The molecule has 0 amide bonds. The molecule has 4 nitrogen and oxygen atoms in total. The topological polar surface area (TPSA) is 62.5 Å². The predicted molar refractivity (Wildman–Crippen MR) is 62.4 cm³/mol. The fourth-order valence-corrected chi connectivity index (χ4v) is 3.22. The molecule has 16 heavy (non-hydrogen) atoms. The Bertz CT molecular complexity index is 413. The summed E-state index contributed by atoms with van der Waals surface area (Å²) >= 11 is 1.58. The number of carbonyl (C=O) groups is 1. The summed E-state index contributed by atoms with van der Waals surface area (Å²) in [5, 5.41) is 12.1. The number of aryl methyl sites for hydroxylation is 1. The van der Waals surface area contributed by atoms with Crippen LogP contribution in [0.4, 0.5) is 0 Å². The molecule has 88 valence electrons. The fraction of sp³-hybridized carbons (Fsp3) is 0.545. The zero-order valence-corrected chi connectivity index (χ0v) is 10.3. The van der Waals surface area contributed by atoms with Gasteiger partial charge in [-0.1, -0.05) is 0 Å². The molecule has 1 saturated heterocycles. The highest BCUT2D eigenvalue weighted by Gasteiger charge is 2.46. The van der Waals surface area contributed by atoms with Gasteiger partial charge in [-0.25, -0.2) is 0 Å². The first-order valence-corrected chi connectivity index (χ1v) is 6.01. The van der Waals surface area contributed by atoms with Crippen molar-refractivity contribution in [1.29, 1.82) is 0 Å². The Hall–Kier alpha value is -0.940. The number of furan rings is 1. The van der Waals surface area contributed by atoms with E-state index in [0.717, 1.165) is 11.5 Å². The van der Waals surface area contributed by atoms with Gasteiger partial charge in [0.25, 0.3) is 0 Å². The molecule has 0 aromatic carbocycles. The van der Waals surface area contributed by atoms with Gasteiger partial charge in [-0.05, 0) is 32.9 Å². The van der Waals surface area contributed by atoms with E-state index in [4.69, 9.17) is 9.52 Å². The van der Waals surface area contributed by atoms with E-state index in [0.29, 0.717) is 0 Å². The highest BCUT2D eigenvalue weighted by atomic mass is 32.2. The standard InChI is InChI=1S/C11H15NO3S/c1-6-4-5-7(15-6)9-12-8(10(13)14)11(2,3)16-9/h4-5,8-9,12H,1-3H3,(H,13,14)/t8-,9+/m1/s1. The summed E-state index contributed by atoms with van der Waals surface area (Å²) in [4.78, 5) is 11.1. The molecule has 1 aliphatic rings. The van der Waals surface area contributed by atoms with Crippen LogP contribution in [0.3, 0.4) is 0 Å². The lowest BCUT2D eigenvalue weighted by Crippen LogP contribution is -2.43. The number of rotatable bonds is 2. The van der Waals surface area contributed by atoms with Gasteiger partial charge < -0.3 is 9.52 Å². The molecule has 0 radical (unpaired) electrons. The van der Waals surface area contributed by atoms with Crippen LogP contribution in [0.2, 0.25) is 0 Å². The van der Waals surface area contributed by atoms with Crippen LogP contribution in [0, 0.1) is 6.92 Å². The van der Waals surface area contributed by atoms with E-state index in [1.165, 1.54) is 0 Å². The van der Waals surface area contributed by atoms with Gasteiger partial charge in [0.05, 0.1) is 0 Å². The number of carboxylic acids is 1. The summed E-state index contributed by atoms with van der Waals surface area (Å²) in [6, 6.07) is 3.23. The minimum atomic E-state index is -0.816. The number of hydrogen-bond acceptors (Lipinski definition) is 4. The van der Waals surface area contributed by atoms with Gasteiger partial charge in [-0.2, -0.15) is 0 Å². The van der Waals surface area contributed by atoms with Gasteiger partial charge in [-0.3, -0.25) is 10.1 Å². The highest BCUT2D eigenvalue weighted by Crippen LogP contribution is 2.45. The van der Waals surface area contributed by atoms with Crippen molar-refractivity contribution in [1.82, 2.24) is 5.32 Å². The maximum absolute atomic E-state index is 11.1. The first-order valence-electron chi connectivity index (χ1n) is 5.13. The SMILES string of the molecule is Cc1ccc([C@H]2N[C@H](C(=O)O)C(C)(C)S2)o1. The van der Waals surface area contributed by atoms with E-state index in [1.54, 1.807) is 11.8 Å². The zero-order valence-electron chi connectivity index (χ0n) is 9.48. The van der Waals surface area contributed by atoms with Crippen molar-refractivity contribution >= 4 is 17.7 Å². The third-order valence-corrected chi connectivity index (χ3v) is 4.15. The average molecular weight is 241 g/mol. The van der Waals surface area contributed by atoms with Crippen LogP contribution >= 0.6 is 11.8 Å². The molecule has 1 aliphatic heterocycles. The van der Waals surface area contributed by atoms with Crippen LogP contribution < -0.4 is 5.32 Å². The Kier molecular flexibility index (Phi) is 2.75. The van der Waals surface area contributed by atoms with Crippen molar-refractivity contribution in [3.8, 4) is 0 Å². The summed E-state index contributed by atoms with van der Waals surface area (Å²) in [7, 11) is 0. The molecule has 0 bridgehead atoms. The number of hydrogen-bond donors (Lipinski definition) is 2. The molecule has 2 rings (SSSR count). The molecule has 2 N–H and O–H groups in total. The minimum absolute atomic E-state index is 0.0789. The summed E-state index contributed by atoms with van der Waals surface area (Å²) < 4.78 is 5.18. The summed E-state index contributed by atoms with van der Waals surface area (Å²) in [5.74, 6) is 0.816. The number of thioether (sulfide) groups is 1.